The van der Waals surface area contributed by atoms with Crippen LogP contribution in [0.3, 0.4) is 0 Å². The number of aryl methyl sites for hydroxylation is 1. The minimum atomic E-state index is -0.915. The molecule has 0 saturated carbocycles. The van der Waals surface area contributed by atoms with Crippen molar-refractivity contribution in [3.05, 3.63) is 101 Å². The van der Waals surface area contributed by atoms with Gasteiger partial charge in [-0.1, -0.05) is 60.5 Å². The number of benzene rings is 3. The van der Waals surface area contributed by atoms with Crippen molar-refractivity contribution in [3.8, 4) is 0 Å². The van der Waals surface area contributed by atoms with Gasteiger partial charge in [-0.15, -0.1) is 0 Å². The van der Waals surface area contributed by atoms with Crippen LogP contribution in [-0.2, 0) is 6.42 Å². The number of carboxylic acids is 1. The van der Waals surface area contributed by atoms with Gasteiger partial charge in [0.1, 0.15) is 0 Å². The third-order valence-electron chi connectivity index (χ3n) is 4.80. The fourth-order valence-electron chi connectivity index (χ4n) is 3.25. The average molecular weight is 394 g/mol. The maximum Gasteiger partial charge on any atom is 0.335 e. The second kappa shape index (κ2) is 9.95. The average Bonchev–Trinajstić information content (AvgIpc) is 2.72. The maximum absolute atomic E-state index is 11.0. The predicted molar refractivity (Wildman–Crippen MR) is 115 cm³/mol. The molecule has 0 bridgehead atoms. The second-order valence-electron chi connectivity index (χ2n) is 6.86. The molecule has 0 saturated heterocycles. The first kappa shape index (κ1) is 20.0. The molecule has 1 unspecified atom stereocenters. The van der Waals surface area contributed by atoms with Crippen molar-refractivity contribution in [1.82, 2.24) is 0 Å². The molecule has 0 aliphatic rings. The largest absolute Gasteiger partial charge is 0.478 e. The molecule has 3 rings (SSSR count). The van der Waals surface area contributed by atoms with Crippen molar-refractivity contribution in [3.63, 3.8) is 0 Å². The lowest BCUT2D eigenvalue weighted by molar-refractivity contribution is 0.0697. The molecule has 2 N–H and O–H groups in total. The quantitative estimate of drug-likeness (QED) is 0.402. The number of hydrogen-bond acceptors (Lipinski definition) is 2. The molecular weight excluding hydrogens is 370 g/mol. The van der Waals surface area contributed by atoms with E-state index in [1.807, 2.05) is 42.5 Å². The number of anilines is 1. The van der Waals surface area contributed by atoms with Crippen LogP contribution in [0.25, 0.3) is 0 Å². The van der Waals surface area contributed by atoms with E-state index in [0.29, 0.717) is 0 Å². The highest BCUT2D eigenvalue weighted by atomic mass is 35.5. The van der Waals surface area contributed by atoms with Crippen LogP contribution in [0.1, 0.15) is 46.8 Å². The lowest BCUT2D eigenvalue weighted by Crippen LogP contribution is -2.11. The summed E-state index contributed by atoms with van der Waals surface area (Å²) in [7, 11) is 0. The Morgan fingerprint density at radius 3 is 2.21 bits per heavy atom. The molecule has 1 atom stereocenters. The van der Waals surface area contributed by atoms with E-state index in [-0.39, 0.29) is 11.6 Å². The van der Waals surface area contributed by atoms with Gasteiger partial charge >= 0.3 is 5.97 Å². The lowest BCUT2D eigenvalue weighted by Gasteiger charge is -2.21. The zero-order valence-electron chi connectivity index (χ0n) is 15.6. The summed E-state index contributed by atoms with van der Waals surface area (Å²) in [5, 5.41) is 13.3. The van der Waals surface area contributed by atoms with Crippen molar-refractivity contribution in [2.24, 2.45) is 0 Å². The highest BCUT2D eigenvalue weighted by Crippen LogP contribution is 2.26. The van der Waals surface area contributed by atoms with Crippen LogP contribution in [0.4, 0.5) is 5.69 Å². The Morgan fingerprint density at radius 2 is 1.57 bits per heavy atom. The molecule has 3 aromatic carbocycles. The number of hydrogen-bond donors (Lipinski definition) is 2. The zero-order chi connectivity index (χ0) is 19.8. The van der Waals surface area contributed by atoms with Crippen LogP contribution in [0, 0.1) is 0 Å². The molecule has 0 radical (unpaired) electrons. The summed E-state index contributed by atoms with van der Waals surface area (Å²) in [6, 6.07) is 25.5. The first-order chi connectivity index (χ1) is 13.6. The Hall–Kier alpha value is -2.78. The van der Waals surface area contributed by atoms with E-state index in [0.717, 1.165) is 36.4 Å². The minimum absolute atomic E-state index is 0.142. The monoisotopic (exact) mass is 393 g/mol. The third kappa shape index (κ3) is 5.86. The first-order valence-electron chi connectivity index (χ1n) is 9.51. The number of unbranched alkanes of at least 4 members (excludes halogenated alkanes) is 1. The van der Waals surface area contributed by atoms with Gasteiger partial charge in [0.05, 0.1) is 11.6 Å². The van der Waals surface area contributed by atoms with Gasteiger partial charge < -0.3 is 10.4 Å². The van der Waals surface area contributed by atoms with E-state index in [1.165, 1.54) is 11.1 Å². The van der Waals surface area contributed by atoms with E-state index in [1.54, 1.807) is 12.1 Å². The Morgan fingerprint density at radius 1 is 0.893 bits per heavy atom. The van der Waals surface area contributed by atoms with Crippen molar-refractivity contribution in [1.29, 1.82) is 0 Å². The molecule has 28 heavy (non-hydrogen) atoms. The normalized spacial score (nSPS) is 11.8. The van der Waals surface area contributed by atoms with Crippen LogP contribution in [0.5, 0.6) is 0 Å². The number of aromatic carboxylic acids is 1. The summed E-state index contributed by atoms with van der Waals surface area (Å²) in [6.45, 7) is 0. The minimum Gasteiger partial charge on any atom is -0.478 e. The topological polar surface area (TPSA) is 49.3 Å². The summed E-state index contributed by atoms with van der Waals surface area (Å²) in [5.74, 6) is -0.915. The van der Waals surface area contributed by atoms with Crippen LogP contribution in [-0.4, -0.2) is 11.1 Å². The number of carbonyl (C=O) groups is 1. The molecule has 0 aliphatic heterocycles. The van der Waals surface area contributed by atoms with Gasteiger partial charge in [0.15, 0.2) is 0 Å². The smallest absolute Gasteiger partial charge is 0.335 e. The van der Waals surface area contributed by atoms with Crippen LogP contribution in [0.15, 0.2) is 78.9 Å². The standard InChI is InChI=1S/C24H24ClNO2/c25-21-14-10-19(11-15-21)23(9-5-4-8-18-6-2-1-3-7-18)26-22-16-12-20(13-17-22)24(27)28/h1-3,6-7,10-17,23,26H,4-5,8-9H2,(H,27,28). The Bertz CT molecular complexity index is 877. The van der Waals surface area contributed by atoms with E-state index in [9.17, 15) is 4.79 Å². The first-order valence-corrected chi connectivity index (χ1v) is 9.89. The zero-order valence-corrected chi connectivity index (χ0v) is 16.4. The Balaban J connectivity index is 1.64. The van der Waals surface area contributed by atoms with Crippen molar-refractivity contribution < 1.29 is 9.90 Å². The number of nitrogens with one attached hydrogen (secondary N) is 1. The number of halogens is 1. The van der Waals surface area contributed by atoms with Gasteiger partial charge in [0.2, 0.25) is 0 Å². The highest BCUT2D eigenvalue weighted by molar-refractivity contribution is 6.30. The molecule has 0 amide bonds. The molecule has 0 aromatic heterocycles. The van der Waals surface area contributed by atoms with Crippen LogP contribution < -0.4 is 5.32 Å². The highest BCUT2D eigenvalue weighted by Gasteiger charge is 2.12. The molecular formula is C24H24ClNO2. The van der Waals surface area contributed by atoms with Gasteiger partial charge in [0, 0.05) is 10.7 Å². The third-order valence-corrected chi connectivity index (χ3v) is 5.05. The van der Waals surface area contributed by atoms with Crippen molar-refractivity contribution in [2.45, 2.75) is 31.7 Å². The van der Waals surface area contributed by atoms with E-state index < -0.39 is 5.97 Å². The van der Waals surface area contributed by atoms with Gasteiger partial charge in [-0.2, -0.15) is 0 Å². The Labute approximate surface area is 171 Å². The number of carboxylic acid groups (broad SMARTS) is 1. The predicted octanol–water partition coefficient (Wildman–Crippen LogP) is 6.60. The molecule has 3 aromatic rings. The summed E-state index contributed by atoms with van der Waals surface area (Å²) < 4.78 is 0. The Kier molecular flexibility index (Phi) is 7.10. The van der Waals surface area contributed by atoms with Crippen LogP contribution in [0.2, 0.25) is 5.02 Å². The maximum atomic E-state index is 11.0. The second-order valence-corrected chi connectivity index (χ2v) is 7.30. The van der Waals surface area contributed by atoms with Gasteiger partial charge in [-0.25, -0.2) is 4.79 Å². The molecule has 0 aliphatic carbocycles. The summed E-state index contributed by atoms with van der Waals surface area (Å²) in [4.78, 5) is 11.0. The number of rotatable bonds is 9. The summed E-state index contributed by atoms with van der Waals surface area (Å²) in [6.07, 6.45) is 4.26. The van der Waals surface area contributed by atoms with Crippen molar-refractivity contribution >= 4 is 23.3 Å². The summed E-state index contributed by atoms with van der Waals surface area (Å²) in [5.41, 5.74) is 3.73. The molecule has 0 fully saturated rings. The molecule has 0 spiro atoms. The lowest BCUT2D eigenvalue weighted by atomic mass is 9.98. The van der Waals surface area contributed by atoms with E-state index >= 15 is 0 Å². The van der Waals surface area contributed by atoms with Gasteiger partial charge in [-0.3, -0.25) is 0 Å². The summed E-state index contributed by atoms with van der Waals surface area (Å²) >= 11 is 6.04. The van der Waals surface area contributed by atoms with Crippen LogP contribution >= 0.6 is 11.6 Å². The van der Waals surface area contributed by atoms with E-state index in [2.05, 4.69) is 29.6 Å². The molecule has 4 heteroatoms. The fraction of sp³-hybridized carbons (Fsp3) is 0.208. The van der Waals surface area contributed by atoms with E-state index in [4.69, 9.17) is 16.7 Å². The van der Waals surface area contributed by atoms with Gasteiger partial charge in [0.25, 0.3) is 0 Å². The van der Waals surface area contributed by atoms with Crippen molar-refractivity contribution in [2.75, 3.05) is 5.32 Å². The fourth-order valence-corrected chi connectivity index (χ4v) is 3.38. The SMILES string of the molecule is O=C(O)c1ccc(NC(CCCCc2ccccc2)c2ccc(Cl)cc2)cc1. The molecule has 0 heterocycles. The van der Waals surface area contributed by atoms with Gasteiger partial charge in [-0.05, 0) is 66.8 Å². The molecule has 144 valence electrons. The molecule has 3 nitrogen and oxygen atoms in total.